The van der Waals surface area contributed by atoms with Gasteiger partial charge in [-0.15, -0.1) is 0 Å². The third-order valence-electron chi connectivity index (χ3n) is 3.24. The molecule has 0 bridgehead atoms. The minimum atomic E-state index is -0.655. The number of rotatable bonds is 7. The molecule has 0 aromatic carbocycles. The molecule has 102 valence electrons. The number of hydrogen-bond donors (Lipinski definition) is 3. The van der Waals surface area contributed by atoms with Crippen LogP contribution in [0.2, 0.25) is 0 Å². The Morgan fingerprint density at radius 1 is 1.44 bits per heavy atom. The zero-order chi connectivity index (χ0) is 13.6. The van der Waals surface area contributed by atoms with Crippen molar-refractivity contribution in [2.75, 3.05) is 13.7 Å². The van der Waals surface area contributed by atoms with Gasteiger partial charge in [0.15, 0.2) is 0 Å². The molecule has 0 saturated heterocycles. The average molecular weight is 254 g/mol. The third kappa shape index (κ3) is 3.85. The van der Waals surface area contributed by atoms with E-state index in [-0.39, 0.29) is 5.97 Å². The molecule has 5 heteroatoms. The molecule has 0 saturated carbocycles. The van der Waals surface area contributed by atoms with Gasteiger partial charge in [0.2, 0.25) is 0 Å². The van der Waals surface area contributed by atoms with E-state index in [0.29, 0.717) is 31.6 Å². The highest BCUT2D eigenvalue weighted by molar-refractivity contribution is 5.87. The number of methoxy groups -OCH3 is 1. The van der Waals surface area contributed by atoms with Crippen LogP contribution in [0.15, 0.2) is 12.1 Å². The van der Waals surface area contributed by atoms with Crippen molar-refractivity contribution in [3.63, 3.8) is 0 Å². The second-order valence-corrected chi connectivity index (χ2v) is 4.42. The van der Waals surface area contributed by atoms with Gasteiger partial charge in [-0.05, 0) is 25.0 Å². The maximum absolute atomic E-state index is 11.2. The Bertz CT molecular complexity index is 383. The fourth-order valence-electron chi connectivity index (χ4n) is 1.70. The second-order valence-electron chi connectivity index (χ2n) is 4.42. The summed E-state index contributed by atoms with van der Waals surface area (Å²) in [6, 6.07) is 3.52. The number of carbonyl (C=O) groups is 1. The number of ether oxygens (including phenoxy) is 1. The number of aromatic nitrogens is 1. The topological polar surface area (TPSA) is 74.3 Å². The summed E-state index contributed by atoms with van der Waals surface area (Å²) in [5.41, 5.74) is 0.679. The predicted octanol–water partition coefficient (Wildman–Crippen LogP) is 1.44. The van der Waals surface area contributed by atoms with Crippen molar-refractivity contribution in [1.29, 1.82) is 0 Å². The van der Waals surface area contributed by atoms with E-state index in [0.717, 1.165) is 5.69 Å². The van der Waals surface area contributed by atoms with Crippen molar-refractivity contribution in [2.45, 2.75) is 38.8 Å². The highest BCUT2D eigenvalue weighted by atomic mass is 16.5. The molecule has 3 N–H and O–H groups in total. The summed E-state index contributed by atoms with van der Waals surface area (Å²) >= 11 is 0. The Hall–Kier alpha value is -1.33. The molecule has 0 amide bonds. The molecule has 0 radical (unpaired) electrons. The smallest absolute Gasteiger partial charge is 0.354 e. The molecule has 1 aromatic heterocycles. The first-order valence-corrected chi connectivity index (χ1v) is 6.24. The third-order valence-corrected chi connectivity index (χ3v) is 3.24. The minimum absolute atomic E-state index is 0.375. The first-order chi connectivity index (χ1) is 8.54. The molecule has 1 rings (SSSR count). The predicted molar refractivity (Wildman–Crippen MR) is 69.4 cm³/mol. The molecule has 0 aliphatic rings. The van der Waals surface area contributed by atoms with Crippen LogP contribution in [0, 0.1) is 0 Å². The lowest BCUT2D eigenvalue weighted by Crippen LogP contribution is -2.39. The van der Waals surface area contributed by atoms with E-state index in [1.807, 2.05) is 19.9 Å². The van der Waals surface area contributed by atoms with Crippen LogP contribution in [-0.4, -0.2) is 35.3 Å². The van der Waals surface area contributed by atoms with Gasteiger partial charge in [0.1, 0.15) is 5.69 Å². The molecule has 0 aliphatic carbocycles. The van der Waals surface area contributed by atoms with Crippen LogP contribution in [-0.2, 0) is 11.3 Å². The maximum Gasteiger partial charge on any atom is 0.354 e. The Morgan fingerprint density at radius 3 is 2.67 bits per heavy atom. The van der Waals surface area contributed by atoms with E-state index in [9.17, 15) is 9.90 Å². The van der Waals surface area contributed by atoms with Crippen LogP contribution in [0.1, 0.15) is 42.9 Å². The van der Waals surface area contributed by atoms with Gasteiger partial charge >= 0.3 is 5.97 Å². The van der Waals surface area contributed by atoms with Gasteiger partial charge in [-0.25, -0.2) is 4.79 Å². The molecule has 0 spiro atoms. The molecular weight excluding hydrogens is 232 g/mol. The molecular formula is C13H22N2O3. The van der Waals surface area contributed by atoms with Crippen LogP contribution in [0.3, 0.4) is 0 Å². The maximum atomic E-state index is 11.2. The Labute approximate surface area is 108 Å². The molecule has 0 unspecified atom stereocenters. The molecule has 0 aliphatic heterocycles. The molecule has 1 aromatic rings. The van der Waals surface area contributed by atoms with Gasteiger partial charge in [-0.3, -0.25) is 0 Å². The summed E-state index contributed by atoms with van der Waals surface area (Å²) in [5, 5.41) is 13.3. The lowest BCUT2D eigenvalue weighted by molar-refractivity contribution is 0.0322. The first kappa shape index (κ1) is 14.7. The molecule has 18 heavy (non-hydrogen) atoms. The van der Waals surface area contributed by atoms with Crippen molar-refractivity contribution in [3.05, 3.63) is 23.5 Å². The number of aromatic amines is 1. The number of aliphatic hydroxyl groups is 1. The summed E-state index contributed by atoms with van der Waals surface area (Å²) in [4.78, 5) is 14.2. The zero-order valence-electron chi connectivity index (χ0n) is 11.2. The normalized spacial score (nSPS) is 11.6. The fraction of sp³-hybridized carbons (Fsp3) is 0.615. The van der Waals surface area contributed by atoms with E-state index in [4.69, 9.17) is 0 Å². The Balaban J connectivity index is 2.45. The quantitative estimate of drug-likeness (QED) is 0.644. The lowest BCUT2D eigenvalue weighted by atomic mass is 9.98. The minimum Gasteiger partial charge on any atom is -0.464 e. The summed E-state index contributed by atoms with van der Waals surface area (Å²) in [6.07, 6.45) is 1.43. The van der Waals surface area contributed by atoms with Crippen molar-refractivity contribution in [3.8, 4) is 0 Å². The van der Waals surface area contributed by atoms with Crippen molar-refractivity contribution < 1.29 is 14.6 Å². The molecule has 0 fully saturated rings. The first-order valence-electron chi connectivity index (χ1n) is 6.24. The number of hydrogen-bond acceptors (Lipinski definition) is 4. The van der Waals surface area contributed by atoms with Crippen molar-refractivity contribution in [1.82, 2.24) is 10.3 Å². The molecule has 1 heterocycles. The summed E-state index contributed by atoms with van der Waals surface area (Å²) in [6.45, 7) is 5.05. The van der Waals surface area contributed by atoms with Crippen molar-refractivity contribution in [2.24, 2.45) is 0 Å². The lowest BCUT2D eigenvalue weighted by Gasteiger charge is -2.25. The molecule has 5 nitrogen and oxygen atoms in total. The summed E-state index contributed by atoms with van der Waals surface area (Å²) < 4.78 is 4.61. The highest BCUT2D eigenvalue weighted by Gasteiger charge is 2.21. The van der Waals surface area contributed by atoms with Crippen molar-refractivity contribution >= 4 is 5.97 Å². The second kappa shape index (κ2) is 6.56. The monoisotopic (exact) mass is 254 g/mol. The highest BCUT2D eigenvalue weighted by Crippen LogP contribution is 2.13. The van der Waals surface area contributed by atoms with E-state index in [1.165, 1.54) is 7.11 Å². The van der Waals surface area contributed by atoms with Crippen LogP contribution in [0.25, 0.3) is 0 Å². The Kier molecular flexibility index (Phi) is 5.37. The van der Waals surface area contributed by atoms with Crippen LogP contribution >= 0.6 is 0 Å². The summed E-state index contributed by atoms with van der Waals surface area (Å²) in [7, 11) is 1.35. The van der Waals surface area contributed by atoms with Crippen LogP contribution in [0.4, 0.5) is 0 Å². The number of esters is 1. The van der Waals surface area contributed by atoms with Gasteiger partial charge in [0.05, 0.1) is 12.7 Å². The average Bonchev–Trinajstić information content (AvgIpc) is 2.86. The van der Waals surface area contributed by atoms with Gasteiger partial charge in [-0.1, -0.05) is 13.8 Å². The van der Waals surface area contributed by atoms with Crippen LogP contribution < -0.4 is 5.32 Å². The van der Waals surface area contributed by atoms with E-state index in [2.05, 4.69) is 15.0 Å². The summed E-state index contributed by atoms with van der Waals surface area (Å²) in [5.74, 6) is -0.375. The van der Waals surface area contributed by atoms with Crippen LogP contribution in [0.5, 0.6) is 0 Å². The zero-order valence-corrected chi connectivity index (χ0v) is 11.2. The van der Waals surface area contributed by atoms with E-state index >= 15 is 0 Å². The van der Waals surface area contributed by atoms with Gasteiger partial charge < -0.3 is 20.1 Å². The molecule has 0 atom stereocenters. The van der Waals surface area contributed by atoms with Gasteiger partial charge in [0, 0.05) is 18.8 Å². The van der Waals surface area contributed by atoms with Gasteiger partial charge in [0.25, 0.3) is 0 Å². The van der Waals surface area contributed by atoms with E-state index in [1.54, 1.807) is 6.07 Å². The largest absolute Gasteiger partial charge is 0.464 e. The fourth-order valence-corrected chi connectivity index (χ4v) is 1.70. The number of carbonyl (C=O) groups excluding carboxylic acids is 1. The standard InChI is InChI=1S/C13H22N2O3/c1-4-13(17,5-2)9-14-8-10-6-7-11(15-10)12(16)18-3/h6-7,14-15,17H,4-5,8-9H2,1-3H3. The van der Waals surface area contributed by atoms with Gasteiger partial charge in [-0.2, -0.15) is 0 Å². The SMILES string of the molecule is CCC(O)(CC)CNCc1ccc(C(=O)OC)[nH]1. The number of nitrogens with one attached hydrogen (secondary N) is 2. The number of H-pyrrole nitrogens is 1. The Morgan fingerprint density at radius 2 is 2.11 bits per heavy atom. The van der Waals surface area contributed by atoms with E-state index < -0.39 is 5.60 Å².